The van der Waals surface area contributed by atoms with Gasteiger partial charge in [0, 0.05) is 31.8 Å². The highest BCUT2D eigenvalue weighted by atomic mass is 35.5. The number of benzene rings is 1. The Morgan fingerprint density at radius 2 is 2.20 bits per heavy atom. The number of rotatable bonds is 7. The fraction of sp³-hybridized carbons (Fsp3) is 0.316. The van der Waals surface area contributed by atoms with E-state index in [0.717, 1.165) is 11.8 Å². The van der Waals surface area contributed by atoms with Crippen molar-refractivity contribution in [2.45, 2.75) is 25.3 Å². The minimum atomic E-state index is -3.05. The summed E-state index contributed by atoms with van der Waals surface area (Å²) in [5.41, 5.74) is 3.02. The summed E-state index contributed by atoms with van der Waals surface area (Å²) in [6.07, 6.45) is 4.56. The summed E-state index contributed by atoms with van der Waals surface area (Å²) in [7, 11) is 0. The van der Waals surface area contributed by atoms with Crippen LogP contribution in [0.15, 0.2) is 35.7 Å². The fourth-order valence-corrected chi connectivity index (χ4v) is 3.30. The first kappa shape index (κ1) is 21.7. The van der Waals surface area contributed by atoms with Crippen LogP contribution in [0.2, 0.25) is 5.02 Å². The van der Waals surface area contributed by atoms with Crippen molar-refractivity contribution >= 4 is 41.6 Å². The first-order valence-corrected chi connectivity index (χ1v) is 9.56. The van der Waals surface area contributed by atoms with Crippen molar-refractivity contribution in [1.82, 2.24) is 14.9 Å². The molecule has 1 atom stereocenters. The summed E-state index contributed by atoms with van der Waals surface area (Å²) >= 11 is 5.74. The number of nitrogens with two attached hydrogens (primary N) is 1. The Morgan fingerprint density at radius 3 is 2.90 bits per heavy atom. The quantitative estimate of drug-likeness (QED) is 0.267. The average Bonchev–Trinajstić information content (AvgIpc) is 3.02. The predicted octanol–water partition coefficient (Wildman–Crippen LogP) is 2.23. The van der Waals surface area contributed by atoms with Crippen LogP contribution in [0.25, 0.3) is 0 Å². The topological polar surface area (TPSA) is 111 Å². The number of carbonyl (C=O) groups is 1. The number of amides is 1. The molecule has 1 aromatic heterocycles. The minimum Gasteiger partial charge on any atom is -0.352 e. The second kappa shape index (κ2) is 9.23. The second-order valence-corrected chi connectivity index (χ2v) is 7.25. The number of halogens is 3. The van der Waals surface area contributed by atoms with Crippen LogP contribution in [-0.4, -0.2) is 58.3 Å². The molecule has 0 spiro atoms. The summed E-state index contributed by atoms with van der Waals surface area (Å²) in [4.78, 5) is 22.3. The number of quaternary nitrogens is 1. The fourth-order valence-electron chi connectivity index (χ4n) is 3.20. The van der Waals surface area contributed by atoms with E-state index in [9.17, 15) is 13.6 Å². The molecule has 0 radical (unpaired) electrons. The number of carbonyl (C=O) groups excluding carboxylic acids is 1. The minimum absolute atomic E-state index is 0.0726. The lowest BCUT2D eigenvalue weighted by Crippen LogP contribution is -2.72. The van der Waals surface area contributed by atoms with E-state index < -0.39 is 24.3 Å². The van der Waals surface area contributed by atoms with Gasteiger partial charge in [0.05, 0.1) is 17.4 Å². The molecule has 2 heterocycles. The Hall–Kier alpha value is -2.98. The van der Waals surface area contributed by atoms with Crippen molar-refractivity contribution in [3.05, 3.63) is 46.7 Å². The standard InChI is InChI=1S/C19H20ClF2N7O/c1-12-2-3-15(28-27-6-5-23)14(8-12)17(30)29-7-4-19(21,22)16(29)11-26-18-24-9-13(20)10-25-18/h2-3,5-6,8-10,16,23,28H,4,7,11H2,1H3,(H,24,25,26)/p+1. The van der Waals surface area contributed by atoms with Crippen LogP contribution < -0.4 is 10.7 Å². The molecule has 158 valence electrons. The van der Waals surface area contributed by atoms with Gasteiger partial charge in [-0.05, 0) is 18.6 Å². The molecule has 30 heavy (non-hydrogen) atoms. The van der Waals surface area contributed by atoms with Crippen LogP contribution in [0, 0.1) is 12.3 Å². The molecule has 1 saturated heterocycles. The number of anilines is 1. The molecule has 0 aliphatic carbocycles. The number of likely N-dealkylation sites (tertiary alicyclic amines) is 1. The monoisotopic (exact) mass is 436 g/mol. The van der Waals surface area contributed by atoms with E-state index in [1.165, 1.54) is 28.9 Å². The maximum Gasteiger partial charge on any atom is 0.271 e. The van der Waals surface area contributed by atoms with Gasteiger partial charge in [-0.3, -0.25) is 4.79 Å². The average molecular weight is 437 g/mol. The lowest BCUT2D eigenvalue weighted by molar-refractivity contribution is -0.577. The van der Waals surface area contributed by atoms with Gasteiger partial charge in [0.1, 0.15) is 17.8 Å². The molecule has 1 unspecified atom stereocenters. The number of nitrogens with one attached hydrogen (secondary N) is 2. The van der Waals surface area contributed by atoms with Gasteiger partial charge in [-0.15, -0.1) is 0 Å². The zero-order chi connectivity index (χ0) is 21.7. The van der Waals surface area contributed by atoms with E-state index in [-0.39, 0.29) is 24.6 Å². The Balaban J connectivity index is 1.83. The van der Waals surface area contributed by atoms with Crippen LogP contribution in [0.1, 0.15) is 22.3 Å². The molecule has 11 heteroatoms. The van der Waals surface area contributed by atoms with Crippen molar-refractivity contribution < 1.29 is 19.0 Å². The third-order valence-corrected chi connectivity index (χ3v) is 4.89. The van der Waals surface area contributed by atoms with Gasteiger partial charge in [0.2, 0.25) is 5.95 Å². The largest absolute Gasteiger partial charge is 0.352 e. The predicted molar refractivity (Wildman–Crippen MR) is 110 cm³/mol. The molecule has 3 rings (SSSR count). The van der Waals surface area contributed by atoms with Crippen molar-refractivity contribution in [3.8, 4) is 0 Å². The highest BCUT2D eigenvalue weighted by Gasteiger charge is 2.51. The molecule has 1 aliphatic heterocycles. The van der Waals surface area contributed by atoms with E-state index in [0.29, 0.717) is 10.7 Å². The van der Waals surface area contributed by atoms with Gasteiger partial charge in [0.25, 0.3) is 11.8 Å². The number of hydrogen-bond donors (Lipinski definition) is 3. The first-order chi connectivity index (χ1) is 14.3. The van der Waals surface area contributed by atoms with E-state index in [4.69, 9.17) is 17.0 Å². The Morgan fingerprint density at radius 1 is 1.47 bits per heavy atom. The summed E-state index contributed by atoms with van der Waals surface area (Å²) < 4.78 is 29.2. The number of nitrogens with zero attached hydrogens (tertiary/aromatic N) is 4. The molecular formula is C19H21ClF2N7O+. The summed E-state index contributed by atoms with van der Waals surface area (Å²) in [6.45, 7) is 1.53. The molecule has 1 aliphatic rings. The maximum absolute atomic E-state index is 14.6. The van der Waals surface area contributed by atoms with Crippen molar-refractivity contribution in [3.63, 3.8) is 0 Å². The number of aryl methyl sites for hydroxylation is 1. The SMILES string of the molecule is Cc1ccc([NH2+]N=CC=N)c(C(=O)N2CCC(F)(F)C2CNc2ncc(Cl)cn2)c1. The van der Waals surface area contributed by atoms with Crippen molar-refractivity contribution in [2.75, 3.05) is 18.4 Å². The van der Waals surface area contributed by atoms with Gasteiger partial charge in [-0.1, -0.05) is 22.8 Å². The Bertz CT molecular complexity index is 952. The van der Waals surface area contributed by atoms with E-state index in [1.54, 1.807) is 18.2 Å². The van der Waals surface area contributed by atoms with Crippen LogP contribution >= 0.6 is 11.6 Å². The van der Waals surface area contributed by atoms with Crippen molar-refractivity contribution in [1.29, 1.82) is 5.41 Å². The Labute approximate surface area is 176 Å². The summed E-state index contributed by atoms with van der Waals surface area (Å²) in [6, 6.07) is 3.80. The molecule has 1 fully saturated rings. The zero-order valence-electron chi connectivity index (χ0n) is 16.1. The van der Waals surface area contributed by atoms with Crippen LogP contribution in [0.5, 0.6) is 0 Å². The second-order valence-electron chi connectivity index (χ2n) is 6.82. The molecule has 4 N–H and O–H groups in total. The van der Waals surface area contributed by atoms with Crippen LogP contribution in [-0.2, 0) is 0 Å². The van der Waals surface area contributed by atoms with Crippen molar-refractivity contribution in [2.24, 2.45) is 5.10 Å². The van der Waals surface area contributed by atoms with E-state index >= 15 is 0 Å². The lowest BCUT2D eigenvalue weighted by atomic mass is 10.1. The Kier molecular flexibility index (Phi) is 6.68. The van der Waals surface area contributed by atoms with Gasteiger partial charge >= 0.3 is 0 Å². The molecule has 0 bridgehead atoms. The van der Waals surface area contributed by atoms with Gasteiger partial charge in [0.15, 0.2) is 5.69 Å². The first-order valence-electron chi connectivity index (χ1n) is 9.18. The maximum atomic E-state index is 14.6. The molecular weight excluding hydrogens is 416 g/mol. The normalized spacial score (nSPS) is 18.0. The zero-order valence-corrected chi connectivity index (χ0v) is 16.9. The van der Waals surface area contributed by atoms with E-state index in [1.807, 2.05) is 6.92 Å². The molecule has 8 nitrogen and oxygen atoms in total. The lowest BCUT2D eigenvalue weighted by Gasteiger charge is -2.28. The van der Waals surface area contributed by atoms with Gasteiger partial charge in [-0.2, -0.15) is 5.43 Å². The highest BCUT2D eigenvalue weighted by Crippen LogP contribution is 2.35. The third-order valence-electron chi connectivity index (χ3n) is 4.70. The smallest absolute Gasteiger partial charge is 0.271 e. The highest BCUT2D eigenvalue weighted by molar-refractivity contribution is 6.30. The molecule has 0 saturated carbocycles. The molecule has 1 amide bonds. The van der Waals surface area contributed by atoms with E-state index in [2.05, 4.69) is 20.4 Å². The van der Waals surface area contributed by atoms with Crippen LogP contribution in [0.4, 0.5) is 20.4 Å². The number of aromatic nitrogens is 2. The summed E-state index contributed by atoms with van der Waals surface area (Å²) in [5, 5.41) is 14.0. The summed E-state index contributed by atoms with van der Waals surface area (Å²) in [5.74, 6) is -3.41. The number of alkyl halides is 2. The van der Waals surface area contributed by atoms with Crippen LogP contribution in [0.3, 0.4) is 0 Å². The number of hydrogen-bond acceptors (Lipinski definition) is 6. The molecule has 1 aromatic carbocycles. The van der Waals surface area contributed by atoms with Gasteiger partial charge < -0.3 is 15.6 Å². The molecule has 2 aromatic rings. The third kappa shape index (κ3) is 4.95. The van der Waals surface area contributed by atoms with Gasteiger partial charge in [-0.25, -0.2) is 18.7 Å².